The fraction of sp³-hybridized carbons (Fsp3) is 0.257. The van der Waals surface area contributed by atoms with Gasteiger partial charge in [0.25, 0.3) is 0 Å². The number of allylic oxidation sites excluding steroid dienone is 1. The van der Waals surface area contributed by atoms with Crippen LogP contribution in [0.3, 0.4) is 0 Å². The number of anilines is 1. The molecule has 4 atom stereocenters. The standard InChI is InChI=1S/C35H32N2O5S/c1-3-42-30-20-28-31(35(39)37(34(28)38)24-12-5-4-6-13-24)29-21-36(43(40,41)25-18-16-22(2)17-19-25)33(32(29)30)27-15-9-11-23-10-7-8-14-26(23)27/h4-19,28-29,31,33H,3,20-21H2,1-2H3/t28-,29-,31-,33-/m0/s1. The highest BCUT2D eigenvalue weighted by atomic mass is 32.2. The average Bonchev–Trinajstić information content (AvgIpc) is 3.53. The lowest BCUT2D eigenvalue weighted by molar-refractivity contribution is -0.122. The second-order valence-corrected chi connectivity index (χ2v) is 13.4. The van der Waals surface area contributed by atoms with Crippen LogP contribution >= 0.6 is 0 Å². The van der Waals surface area contributed by atoms with Crippen LogP contribution < -0.4 is 4.90 Å². The van der Waals surface area contributed by atoms with Crippen molar-refractivity contribution in [1.82, 2.24) is 4.31 Å². The molecule has 0 spiro atoms. The van der Waals surface area contributed by atoms with Crippen molar-refractivity contribution in [3.05, 3.63) is 120 Å². The molecule has 2 aliphatic heterocycles. The summed E-state index contributed by atoms with van der Waals surface area (Å²) in [5.74, 6) is -1.77. The van der Waals surface area contributed by atoms with E-state index in [1.807, 2.05) is 62.4 Å². The van der Waals surface area contributed by atoms with E-state index in [4.69, 9.17) is 4.74 Å². The third-order valence-corrected chi connectivity index (χ3v) is 10.9. The predicted molar refractivity (Wildman–Crippen MR) is 164 cm³/mol. The summed E-state index contributed by atoms with van der Waals surface area (Å²) in [6.45, 7) is 4.23. The molecule has 4 aromatic carbocycles. The normalized spacial score (nSPS) is 24.0. The number of benzene rings is 4. The van der Waals surface area contributed by atoms with Gasteiger partial charge in [0.2, 0.25) is 21.8 Å². The van der Waals surface area contributed by atoms with Gasteiger partial charge in [-0.15, -0.1) is 0 Å². The van der Waals surface area contributed by atoms with E-state index in [1.165, 1.54) is 9.21 Å². The largest absolute Gasteiger partial charge is 0.498 e. The minimum Gasteiger partial charge on any atom is -0.498 e. The molecular formula is C35H32N2O5S. The second-order valence-electron chi connectivity index (χ2n) is 11.5. The van der Waals surface area contributed by atoms with E-state index in [9.17, 15) is 18.0 Å². The Balaban J connectivity index is 1.44. The number of fused-ring (bicyclic) bond motifs is 4. The van der Waals surface area contributed by atoms with E-state index < -0.39 is 33.8 Å². The summed E-state index contributed by atoms with van der Waals surface area (Å²) >= 11 is 0. The lowest BCUT2D eigenvalue weighted by Crippen LogP contribution is -2.35. The van der Waals surface area contributed by atoms with Gasteiger partial charge in [-0.25, -0.2) is 8.42 Å². The summed E-state index contributed by atoms with van der Waals surface area (Å²) < 4.78 is 36.8. The Labute approximate surface area is 251 Å². The fourth-order valence-electron chi connectivity index (χ4n) is 7.20. The van der Waals surface area contributed by atoms with Crippen molar-refractivity contribution in [3.63, 3.8) is 0 Å². The number of hydrogen-bond donors (Lipinski definition) is 0. The van der Waals surface area contributed by atoms with E-state index in [-0.39, 0.29) is 29.7 Å². The minimum absolute atomic E-state index is 0.0683. The zero-order chi connectivity index (χ0) is 29.9. The van der Waals surface area contributed by atoms with Gasteiger partial charge in [-0.2, -0.15) is 4.31 Å². The molecule has 1 aliphatic carbocycles. The van der Waals surface area contributed by atoms with Crippen LogP contribution in [-0.2, 0) is 24.3 Å². The van der Waals surface area contributed by atoms with E-state index in [1.54, 1.807) is 48.5 Å². The van der Waals surface area contributed by atoms with Crippen molar-refractivity contribution in [3.8, 4) is 0 Å². The lowest BCUT2D eigenvalue weighted by atomic mass is 9.71. The zero-order valence-corrected chi connectivity index (χ0v) is 24.8. The van der Waals surface area contributed by atoms with Crippen LogP contribution in [0, 0.1) is 24.7 Å². The van der Waals surface area contributed by atoms with Gasteiger partial charge in [0, 0.05) is 18.9 Å². The molecule has 2 saturated heterocycles. The van der Waals surface area contributed by atoms with Gasteiger partial charge in [-0.3, -0.25) is 14.5 Å². The van der Waals surface area contributed by atoms with Gasteiger partial charge >= 0.3 is 0 Å². The maximum absolute atomic E-state index is 14.5. The number of carbonyl (C=O) groups excluding carboxylic acids is 2. The van der Waals surface area contributed by atoms with E-state index in [0.717, 1.165) is 27.5 Å². The highest BCUT2D eigenvalue weighted by Gasteiger charge is 2.60. The summed E-state index contributed by atoms with van der Waals surface area (Å²) in [4.78, 5) is 29.5. The number of hydrogen-bond acceptors (Lipinski definition) is 5. The van der Waals surface area contributed by atoms with E-state index in [2.05, 4.69) is 0 Å². The maximum atomic E-state index is 14.5. The molecule has 3 aliphatic rings. The van der Waals surface area contributed by atoms with Gasteiger partial charge in [0.15, 0.2) is 0 Å². The van der Waals surface area contributed by atoms with Gasteiger partial charge in [0.05, 0.1) is 40.8 Å². The van der Waals surface area contributed by atoms with E-state index in [0.29, 0.717) is 18.1 Å². The monoisotopic (exact) mass is 592 g/mol. The van der Waals surface area contributed by atoms with Crippen molar-refractivity contribution < 1.29 is 22.7 Å². The molecule has 8 heteroatoms. The van der Waals surface area contributed by atoms with Crippen LogP contribution in [0.5, 0.6) is 0 Å². The topological polar surface area (TPSA) is 84.0 Å². The summed E-state index contributed by atoms with van der Waals surface area (Å²) in [5, 5.41) is 1.93. The molecule has 4 aromatic rings. The summed E-state index contributed by atoms with van der Waals surface area (Å²) in [7, 11) is -4.01. The van der Waals surface area contributed by atoms with Crippen molar-refractivity contribution >= 4 is 38.3 Å². The molecule has 0 N–H and O–H groups in total. The molecule has 0 bridgehead atoms. The van der Waals surface area contributed by atoms with E-state index >= 15 is 0 Å². The van der Waals surface area contributed by atoms with Gasteiger partial charge < -0.3 is 4.74 Å². The van der Waals surface area contributed by atoms with Crippen LogP contribution in [0.2, 0.25) is 0 Å². The number of amides is 2. The Morgan fingerprint density at radius 2 is 1.51 bits per heavy atom. The third kappa shape index (κ3) is 4.31. The van der Waals surface area contributed by atoms with Crippen LogP contribution in [-0.4, -0.2) is 37.7 Å². The molecule has 0 unspecified atom stereocenters. The molecule has 0 saturated carbocycles. The molecule has 7 rings (SSSR count). The molecule has 0 radical (unpaired) electrons. The molecule has 2 heterocycles. The molecule has 2 amide bonds. The number of ether oxygens (including phenoxy) is 1. The van der Waals surface area contributed by atoms with Crippen molar-refractivity contribution in [2.45, 2.75) is 31.2 Å². The van der Waals surface area contributed by atoms with Crippen molar-refractivity contribution in [1.29, 1.82) is 0 Å². The number of para-hydroxylation sites is 1. The SMILES string of the molecule is CCOC1=C2[C@@H](CN(S(=O)(=O)c3ccc(C)cc3)[C@H]2c2cccc3ccccc23)[C@H]2C(=O)N(c3ccccc3)C(=O)[C@H]2C1. The van der Waals surface area contributed by atoms with Crippen molar-refractivity contribution in [2.24, 2.45) is 17.8 Å². The Morgan fingerprint density at radius 3 is 2.26 bits per heavy atom. The average molecular weight is 593 g/mol. The Bertz CT molecular complexity index is 1880. The van der Waals surface area contributed by atoms with Crippen LogP contribution in [0.4, 0.5) is 5.69 Å². The van der Waals surface area contributed by atoms with Gasteiger partial charge in [-0.05, 0) is 60.0 Å². The quantitative estimate of drug-likeness (QED) is 0.256. The first-order chi connectivity index (χ1) is 20.8. The molecule has 0 aromatic heterocycles. The first kappa shape index (κ1) is 27.6. The first-order valence-electron chi connectivity index (χ1n) is 14.7. The molecule has 218 valence electrons. The van der Waals surface area contributed by atoms with Crippen molar-refractivity contribution in [2.75, 3.05) is 18.1 Å². The highest BCUT2D eigenvalue weighted by molar-refractivity contribution is 7.89. The Hall–Kier alpha value is -4.27. The minimum atomic E-state index is -4.01. The molecule has 2 fully saturated rings. The van der Waals surface area contributed by atoms with Gasteiger partial charge in [-0.1, -0.05) is 78.4 Å². The van der Waals surface area contributed by atoms with Crippen LogP contribution in [0.25, 0.3) is 10.8 Å². The number of imide groups is 1. The Kier molecular flexibility index (Phi) is 6.71. The second kappa shape index (κ2) is 10.5. The lowest BCUT2D eigenvalue weighted by Gasteiger charge is -2.32. The smallest absolute Gasteiger partial charge is 0.243 e. The molecular weight excluding hydrogens is 560 g/mol. The van der Waals surface area contributed by atoms with Gasteiger partial charge in [0.1, 0.15) is 0 Å². The summed E-state index contributed by atoms with van der Waals surface area (Å²) in [5.41, 5.74) is 3.10. The number of nitrogens with zero attached hydrogens (tertiary/aromatic N) is 2. The fourth-order valence-corrected chi connectivity index (χ4v) is 8.81. The summed E-state index contributed by atoms with van der Waals surface area (Å²) in [6, 6.07) is 28.9. The molecule has 7 nitrogen and oxygen atoms in total. The zero-order valence-electron chi connectivity index (χ0n) is 24.0. The molecule has 43 heavy (non-hydrogen) atoms. The number of sulfonamides is 1. The van der Waals surface area contributed by atoms with Crippen LogP contribution in [0.1, 0.15) is 30.5 Å². The maximum Gasteiger partial charge on any atom is 0.243 e. The number of rotatable bonds is 6. The summed E-state index contributed by atoms with van der Waals surface area (Å²) in [6.07, 6.45) is 0.248. The highest BCUT2D eigenvalue weighted by Crippen LogP contribution is 2.56. The predicted octanol–water partition coefficient (Wildman–Crippen LogP) is 6.01. The first-order valence-corrected chi connectivity index (χ1v) is 16.1. The Morgan fingerprint density at radius 1 is 0.814 bits per heavy atom. The van der Waals surface area contributed by atoms with Crippen LogP contribution in [0.15, 0.2) is 113 Å². The third-order valence-electron chi connectivity index (χ3n) is 9.07. The number of carbonyl (C=O) groups is 2. The number of aryl methyl sites for hydroxylation is 1.